The van der Waals surface area contributed by atoms with E-state index in [4.69, 9.17) is 11.6 Å². The van der Waals surface area contributed by atoms with Crippen molar-refractivity contribution in [1.82, 2.24) is 0 Å². The second kappa shape index (κ2) is 5.65. The van der Waals surface area contributed by atoms with Crippen LogP contribution in [0.25, 0.3) is 0 Å². The summed E-state index contributed by atoms with van der Waals surface area (Å²) >= 11 is 5.89. The first-order chi connectivity index (χ1) is 10.8. The van der Waals surface area contributed by atoms with Crippen molar-refractivity contribution in [3.8, 4) is 0 Å². The van der Waals surface area contributed by atoms with Crippen molar-refractivity contribution in [2.75, 3.05) is 11.6 Å². The fourth-order valence-corrected chi connectivity index (χ4v) is 3.39. The average Bonchev–Trinajstić information content (AvgIpc) is 3.29. The Morgan fingerprint density at radius 3 is 2.35 bits per heavy atom. The van der Waals surface area contributed by atoms with Gasteiger partial charge in [-0.15, -0.1) is 0 Å². The van der Waals surface area contributed by atoms with E-state index in [9.17, 15) is 13.2 Å². The van der Waals surface area contributed by atoms with Gasteiger partial charge < -0.3 is 5.32 Å². The highest BCUT2D eigenvalue weighted by molar-refractivity contribution is 7.90. The minimum Gasteiger partial charge on any atom is -0.325 e. The van der Waals surface area contributed by atoms with E-state index in [0.717, 1.165) is 24.7 Å². The lowest BCUT2D eigenvalue weighted by Crippen LogP contribution is -2.27. The maximum Gasteiger partial charge on any atom is 0.235 e. The topological polar surface area (TPSA) is 63.2 Å². The maximum atomic E-state index is 12.6. The third kappa shape index (κ3) is 3.26. The summed E-state index contributed by atoms with van der Waals surface area (Å²) in [6, 6.07) is 13.6. The Kier molecular flexibility index (Phi) is 3.94. The zero-order valence-electron chi connectivity index (χ0n) is 12.5. The highest BCUT2D eigenvalue weighted by Gasteiger charge is 2.51. The molecule has 23 heavy (non-hydrogen) atoms. The molecule has 0 aromatic heterocycles. The van der Waals surface area contributed by atoms with Crippen LogP contribution in [0.15, 0.2) is 53.4 Å². The zero-order valence-corrected chi connectivity index (χ0v) is 14.1. The molecule has 3 rings (SSSR count). The summed E-state index contributed by atoms with van der Waals surface area (Å²) in [5.41, 5.74) is 0.878. The maximum absolute atomic E-state index is 12.6. The monoisotopic (exact) mass is 349 g/mol. The highest BCUT2D eigenvalue weighted by Crippen LogP contribution is 2.49. The van der Waals surface area contributed by atoms with Crippen LogP contribution in [0.3, 0.4) is 0 Å². The molecule has 0 atom stereocenters. The molecule has 1 fully saturated rings. The van der Waals surface area contributed by atoms with Gasteiger partial charge in [0.25, 0.3) is 0 Å². The SMILES string of the molecule is CS(=O)(=O)c1cccc(NC(=O)C2(c3ccc(Cl)cc3)CC2)c1. The van der Waals surface area contributed by atoms with Crippen LogP contribution in [-0.4, -0.2) is 20.6 Å². The molecular weight excluding hydrogens is 334 g/mol. The number of benzene rings is 2. The number of amides is 1. The zero-order chi connectivity index (χ0) is 16.7. The molecule has 120 valence electrons. The number of halogens is 1. The Morgan fingerprint density at radius 2 is 1.78 bits per heavy atom. The van der Waals surface area contributed by atoms with Crippen molar-refractivity contribution in [1.29, 1.82) is 0 Å². The molecule has 1 aliphatic carbocycles. The van der Waals surface area contributed by atoms with E-state index in [0.29, 0.717) is 10.7 Å². The molecular formula is C17H16ClNO3S. The summed E-state index contributed by atoms with van der Waals surface area (Å²) in [5.74, 6) is -0.120. The van der Waals surface area contributed by atoms with Gasteiger partial charge in [0, 0.05) is 17.0 Å². The Morgan fingerprint density at radius 1 is 1.13 bits per heavy atom. The van der Waals surface area contributed by atoms with Gasteiger partial charge in [0.2, 0.25) is 5.91 Å². The fourth-order valence-electron chi connectivity index (χ4n) is 2.60. The molecule has 1 saturated carbocycles. The third-order valence-corrected chi connectivity index (χ3v) is 5.46. The number of hydrogen-bond acceptors (Lipinski definition) is 3. The molecule has 0 saturated heterocycles. The van der Waals surface area contributed by atoms with Crippen molar-refractivity contribution in [3.63, 3.8) is 0 Å². The molecule has 0 bridgehead atoms. The number of carbonyl (C=O) groups is 1. The van der Waals surface area contributed by atoms with E-state index >= 15 is 0 Å². The molecule has 1 N–H and O–H groups in total. The van der Waals surface area contributed by atoms with Gasteiger partial charge >= 0.3 is 0 Å². The smallest absolute Gasteiger partial charge is 0.235 e. The quantitative estimate of drug-likeness (QED) is 0.920. The fraction of sp³-hybridized carbons (Fsp3) is 0.235. The van der Waals surface area contributed by atoms with Crippen LogP contribution in [0.2, 0.25) is 5.02 Å². The van der Waals surface area contributed by atoms with Gasteiger partial charge in [-0.05, 0) is 48.7 Å². The molecule has 2 aromatic rings. The first-order valence-electron chi connectivity index (χ1n) is 7.19. The van der Waals surface area contributed by atoms with Crippen LogP contribution >= 0.6 is 11.6 Å². The summed E-state index contributed by atoms with van der Waals surface area (Å²) in [5, 5.41) is 3.46. The average molecular weight is 350 g/mol. The van der Waals surface area contributed by atoms with Crippen molar-refractivity contribution in [2.24, 2.45) is 0 Å². The number of rotatable bonds is 4. The predicted molar refractivity (Wildman–Crippen MR) is 90.5 cm³/mol. The van der Waals surface area contributed by atoms with Gasteiger partial charge in [-0.3, -0.25) is 4.79 Å². The van der Waals surface area contributed by atoms with Crippen LogP contribution in [0.5, 0.6) is 0 Å². The van der Waals surface area contributed by atoms with E-state index in [2.05, 4.69) is 5.32 Å². The highest BCUT2D eigenvalue weighted by atomic mass is 35.5. The van der Waals surface area contributed by atoms with E-state index in [1.54, 1.807) is 24.3 Å². The van der Waals surface area contributed by atoms with Crippen molar-refractivity contribution in [3.05, 3.63) is 59.1 Å². The van der Waals surface area contributed by atoms with Gasteiger partial charge in [0.1, 0.15) is 0 Å². The Labute approximate surface area is 140 Å². The van der Waals surface area contributed by atoms with Crippen molar-refractivity contribution >= 4 is 33.0 Å². The Bertz CT molecular complexity index is 856. The normalized spacial score (nSPS) is 15.9. The first kappa shape index (κ1) is 16.0. The summed E-state index contributed by atoms with van der Waals surface area (Å²) in [6.45, 7) is 0. The standard InChI is InChI=1S/C17H16ClNO3S/c1-23(21,22)15-4-2-3-14(11-15)19-16(20)17(9-10-17)12-5-7-13(18)8-6-12/h2-8,11H,9-10H2,1H3,(H,19,20). The lowest BCUT2D eigenvalue weighted by atomic mass is 9.95. The lowest BCUT2D eigenvalue weighted by molar-refractivity contribution is -0.118. The molecule has 0 radical (unpaired) electrons. The summed E-state index contributed by atoms with van der Waals surface area (Å²) in [6.07, 6.45) is 2.68. The number of carbonyl (C=O) groups excluding carboxylic acids is 1. The summed E-state index contributed by atoms with van der Waals surface area (Å²) in [4.78, 5) is 12.8. The Balaban J connectivity index is 1.84. The second-order valence-electron chi connectivity index (χ2n) is 5.84. The van der Waals surface area contributed by atoms with E-state index in [1.165, 1.54) is 12.1 Å². The van der Waals surface area contributed by atoms with Crippen LogP contribution in [-0.2, 0) is 20.0 Å². The molecule has 0 spiro atoms. The van der Waals surface area contributed by atoms with E-state index in [1.807, 2.05) is 12.1 Å². The van der Waals surface area contributed by atoms with Crippen LogP contribution in [0, 0.1) is 0 Å². The lowest BCUT2D eigenvalue weighted by Gasteiger charge is -2.16. The molecule has 0 aliphatic heterocycles. The molecule has 4 nitrogen and oxygen atoms in total. The molecule has 0 unspecified atom stereocenters. The molecule has 1 aliphatic rings. The molecule has 1 amide bonds. The van der Waals surface area contributed by atoms with E-state index < -0.39 is 15.3 Å². The van der Waals surface area contributed by atoms with Crippen molar-refractivity contribution in [2.45, 2.75) is 23.2 Å². The number of sulfone groups is 1. The first-order valence-corrected chi connectivity index (χ1v) is 9.46. The van der Waals surface area contributed by atoms with Gasteiger partial charge in [-0.1, -0.05) is 29.8 Å². The second-order valence-corrected chi connectivity index (χ2v) is 8.30. The number of hydrogen-bond donors (Lipinski definition) is 1. The summed E-state index contributed by atoms with van der Waals surface area (Å²) < 4.78 is 23.2. The summed E-state index contributed by atoms with van der Waals surface area (Å²) in [7, 11) is -3.30. The number of anilines is 1. The Hall–Kier alpha value is -1.85. The van der Waals surface area contributed by atoms with Crippen LogP contribution in [0.4, 0.5) is 5.69 Å². The van der Waals surface area contributed by atoms with Crippen LogP contribution < -0.4 is 5.32 Å². The predicted octanol–water partition coefficient (Wildman–Crippen LogP) is 3.41. The van der Waals surface area contributed by atoms with Crippen molar-refractivity contribution < 1.29 is 13.2 Å². The van der Waals surface area contributed by atoms with Gasteiger partial charge in [0.15, 0.2) is 9.84 Å². The van der Waals surface area contributed by atoms with Gasteiger partial charge in [-0.2, -0.15) is 0 Å². The van der Waals surface area contributed by atoms with Gasteiger partial charge in [0.05, 0.1) is 10.3 Å². The molecule has 2 aromatic carbocycles. The van der Waals surface area contributed by atoms with E-state index in [-0.39, 0.29) is 10.8 Å². The minimum atomic E-state index is -3.30. The number of nitrogens with one attached hydrogen (secondary N) is 1. The minimum absolute atomic E-state index is 0.120. The largest absolute Gasteiger partial charge is 0.325 e. The van der Waals surface area contributed by atoms with Crippen LogP contribution in [0.1, 0.15) is 18.4 Å². The van der Waals surface area contributed by atoms with Gasteiger partial charge in [-0.25, -0.2) is 8.42 Å². The molecule has 0 heterocycles. The third-order valence-electron chi connectivity index (χ3n) is 4.10. The molecule has 6 heteroatoms.